The highest BCUT2D eigenvalue weighted by atomic mass is 32.2. The van der Waals surface area contributed by atoms with Crippen molar-refractivity contribution in [1.29, 1.82) is 0 Å². The maximum atomic E-state index is 13.4. The number of aliphatic carboxylic acids is 4. The van der Waals surface area contributed by atoms with Crippen LogP contribution in [0.4, 0.5) is 11.4 Å². The third kappa shape index (κ3) is 24.8. The van der Waals surface area contributed by atoms with Crippen LogP contribution >= 0.6 is 0 Å². The summed E-state index contributed by atoms with van der Waals surface area (Å²) < 4.78 is 96.9. The normalized spacial score (nSPS) is 12.3. The molecule has 0 spiro atoms. The monoisotopic (exact) mass is 1200 g/mol. The Bertz CT molecular complexity index is 2850. The summed E-state index contributed by atoms with van der Waals surface area (Å²) in [7, 11) is -9.31. The number of nitrogens with zero attached hydrogens (tertiary/aromatic N) is 4. The number of nitrogens with two attached hydrogens (primary N) is 4. The van der Waals surface area contributed by atoms with Crippen molar-refractivity contribution in [3.63, 3.8) is 0 Å². The van der Waals surface area contributed by atoms with Gasteiger partial charge in [-0.1, -0.05) is 24.3 Å². The van der Waals surface area contributed by atoms with Gasteiger partial charge < -0.3 is 76.5 Å². The molecule has 2 atom stereocenters. The van der Waals surface area contributed by atoms with Crippen molar-refractivity contribution >= 4 is 79.5 Å². The Labute approximate surface area is 476 Å². The molecule has 4 aromatic rings. The number of hydrogen-bond acceptors (Lipinski definition) is 19. The first-order valence-corrected chi connectivity index (χ1v) is 27.6. The Hall–Kier alpha value is -8.22. The summed E-state index contributed by atoms with van der Waals surface area (Å²) in [5.41, 5.74) is 23.4. The average Bonchev–Trinajstić information content (AvgIpc) is 3.57. The van der Waals surface area contributed by atoms with Crippen molar-refractivity contribution in [2.75, 3.05) is 72.7 Å². The molecule has 83 heavy (non-hydrogen) atoms. The minimum absolute atomic E-state index is 0.0218. The van der Waals surface area contributed by atoms with E-state index in [0.717, 1.165) is 0 Å². The van der Waals surface area contributed by atoms with Crippen molar-refractivity contribution in [1.82, 2.24) is 18.1 Å². The summed E-state index contributed by atoms with van der Waals surface area (Å²) in [5.74, 6) is -8.03. The van der Waals surface area contributed by atoms with Crippen LogP contribution in [-0.2, 0) is 76.4 Å². The van der Waals surface area contributed by atoms with Crippen LogP contribution in [0.3, 0.4) is 0 Å². The van der Waals surface area contributed by atoms with Gasteiger partial charge in [-0.15, -0.1) is 4.31 Å². The second-order valence-corrected chi connectivity index (χ2v) is 20.5. The lowest BCUT2D eigenvalue weighted by Gasteiger charge is -2.27. The molecular formula is C50H64N10O21S2. The fourth-order valence-electron chi connectivity index (χ4n) is 6.90. The summed E-state index contributed by atoms with van der Waals surface area (Å²) in [6.45, 7) is -1.95. The number of guanidine groups is 2. The van der Waals surface area contributed by atoms with Crippen molar-refractivity contribution < 1.29 is 99.2 Å². The maximum Gasteiger partial charge on any atom is 0.343 e. The molecule has 4 rings (SSSR count). The highest BCUT2D eigenvalue weighted by molar-refractivity contribution is 7.87. The van der Waals surface area contributed by atoms with E-state index < -0.39 is 94.4 Å². The molecule has 0 aliphatic heterocycles. The first-order valence-electron chi connectivity index (χ1n) is 24.8. The predicted molar refractivity (Wildman–Crippen MR) is 293 cm³/mol. The average molecular weight is 1210 g/mol. The Morgan fingerprint density at radius 1 is 0.470 bits per heavy atom. The zero-order valence-corrected chi connectivity index (χ0v) is 46.0. The number of carbonyl (C=O) groups is 6. The van der Waals surface area contributed by atoms with Crippen molar-refractivity contribution in [3.8, 4) is 11.5 Å². The molecule has 0 fully saturated rings. The predicted octanol–water partition coefficient (Wildman–Crippen LogP) is 0.194. The largest absolute Gasteiger partial charge is 0.481 e. The quantitative estimate of drug-likeness (QED) is 0.00710. The van der Waals surface area contributed by atoms with Gasteiger partial charge in [-0.3, -0.25) is 19.2 Å². The van der Waals surface area contributed by atoms with Gasteiger partial charge in [0.2, 0.25) is 0 Å². The van der Waals surface area contributed by atoms with Gasteiger partial charge in [0.1, 0.15) is 30.3 Å². The zero-order chi connectivity index (χ0) is 61.0. The zero-order valence-electron chi connectivity index (χ0n) is 44.3. The van der Waals surface area contributed by atoms with Gasteiger partial charge in [0.25, 0.3) is 20.4 Å². The minimum Gasteiger partial charge on any atom is -0.481 e. The number of esters is 2. The standard InChI is InChI=1S/C50H64N10O21S2/c51-49(52)57-37-10-6-35(7-11-37)47(69)80-39-14-2-33(3-15-39)30-55-82(71,72)59(41(45(65)66)28-43(61)62)18-21-76-23-25-78-27-26-77-24-22-75-19-1-20-79-32-60(42(46(67)68)29-44(63)64)83(73,74)56-31-34-4-16-40(17-5-34)81-48(70)36-8-12-38(13-9-36)58-50(53)54/h2-17,41-42,55-56H,1,18-32H2,(H,61,62)(H,63,64)(H,65,66)(H,67,68)(H4,51,52,57)(H4,53,54,58)/t41-,42-/m0/s1. The Morgan fingerprint density at radius 2 is 0.819 bits per heavy atom. The van der Waals surface area contributed by atoms with Gasteiger partial charge >= 0.3 is 35.8 Å². The topological polar surface area (TPSA) is 476 Å². The molecule has 4 aromatic carbocycles. The lowest BCUT2D eigenvalue weighted by molar-refractivity contribution is -0.149. The third-order valence-corrected chi connectivity index (χ3v) is 13.9. The molecule has 0 bridgehead atoms. The number of benzene rings is 4. The van der Waals surface area contributed by atoms with Crippen LogP contribution in [0.5, 0.6) is 11.5 Å². The van der Waals surface area contributed by atoms with E-state index in [9.17, 15) is 66.0 Å². The van der Waals surface area contributed by atoms with Gasteiger partial charge in [0.15, 0.2) is 11.9 Å². The van der Waals surface area contributed by atoms with E-state index in [0.29, 0.717) is 31.1 Å². The number of aliphatic imine (C=N–C) groups is 2. The molecule has 0 aliphatic carbocycles. The molecule has 0 aromatic heterocycles. The molecular weight excluding hydrogens is 1140 g/mol. The number of rotatable bonds is 40. The van der Waals surface area contributed by atoms with Crippen LogP contribution in [0.2, 0.25) is 0 Å². The molecule has 0 unspecified atom stereocenters. The summed E-state index contributed by atoms with van der Waals surface area (Å²) in [6.07, 6.45) is -1.91. The lowest BCUT2D eigenvalue weighted by atomic mass is 10.2. The number of carboxylic acid groups (broad SMARTS) is 4. The summed E-state index contributed by atoms with van der Waals surface area (Å²) in [6, 6.07) is 19.2. The van der Waals surface area contributed by atoms with Crippen LogP contribution < -0.4 is 41.9 Å². The van der Waals surface area contributed by atoms with E-state index in [1.54, 1.807) is 0 Å². The molecule has 0 saturated heterocycles. The van der Waals surface area contributed by atoms with Gasteiger partial charge in [-0.05, 0) is 90.3 Å². The number of carboxylic acids is 4. The van der Waals surface area contributed by atoms with Crippen LogP contribution in [0.15, 0.2) is 107 Å². The Morgan fingerprint density at radius 3 is 1.19 bits per heavy atom. The second kappa shape index (κ2) is 34.3. The Kier molecular flexibility index (Phi) is 27.8. The SMILES string of the molecule is NC(N)=Nc1ccc(C(=O)Oc2ccc(CNS(=O)(=O)N(CCOCCOCCOCCOCCCOCN([C@@H](CC(=O)O)C(=O)O)S(=O)(=O)NCc3ccc(OC(=O)c4ccc(N=C(N)N)cc4)cc3)[C@@H](CC(=O)O)C(=O)O)cc2)cc1. The number of ether oxygens (including phenoxy) is 7. The molecule has 33 heteroatoms. The Balaban J connectivity index is 1.11. The fraction of sp³-hybridized carbons (Fsp3) is 0.360. The minimum atomic E-state index is -4.68. The highest BCUT2D eigenvalue weighted by Crippen LogP contribution is 2.21. The van der Waals surface area contributed by atoms with E-state index in [1.807, 2.05) is 0 Å². The third-order valence-electron chi connectivity index (χ3n) is 10.9. The lowest BCUT2D eigenvalue weighted by Crippen LogP contribution is -2.51. The number of hydrogen-bond donors (Lipinski definition) is 10. The van der Waals surface area contributed by atoms with Gasteiger partial charge in [-0.2, -0.15) is 30.6 Å². The molecule has 0 amide bonds. The van der Waals surface area contributed by atoms with E-state index in [4.69, 9.17) is 56.1 Å². The summed E-state index contributed by atoms with van der Waals surface area (Å²) in [4.78, 5) is 80.1. The van der Waals surface area contributed by atoms with E-state index in [1.165, 1.54) is 97.1 Å². The van der Waals surface area contributed by atoms with Crippen molar-refractivity contribution in [2.24, 2.45) is 32.9 Å². The maximum absolute atomic E-state index is 13.4. The highest BCUT2D eigenvalue weighted by Gasteiger charge is 2.38. The molecule has 14 N–H and O–H groups in total. The second-order valence-electron chi connectivity index (χ2n) is 17.1. The van der Waals surface area contributed by atoms with E-state index >= 15 is 0 Å². The smallest absolute Gasteiger partial charge is 0.343 e. The van der Waals surface area contributed by atoms with E-state index in [2.05, 4.69) is 19.4 Å². The molecule has 31 nitrogen and oxygen atoms in total. The molecule has 0 saturated carbocycles. The van der Waals surface area contributed by atoms with Crippen LogP contribution in [-0.4, -0.2) is 178 Å². The van der Waals surface area contributed by atoms with Crippen LogP contribution in [0.25, 0.3) is 0 Å². The first kappa shape index (κ1) is 67.3. The van der Waals surface area contributed by atoms with Crippen molar-refractivity contribution in [3.05, 3.63) is 119 Å². The van der Waals surface area contributed by atoms with Gasteiger partial charge in [0, 0.05) is 26.2 Å². The van der Waals surface area contributed by atoms with Gasteiger partial charge in [0.05, 0.1) is 88.2 Å². The van der Waals surface area contributed by atoms with E-state index in [-0.39, 0.29) is 114 Å². The van der Waals surface area contributed by atoms with Gasteiger partial charge in [-0.25, -0.2) is 19.6 Å². The summed E-state index contributed by atoms with van der Waals surface area (Å²) >= 11 is 0. The first-order chi connectivity index (χ1) is 39.4. The molecule has 0 aliphatic rings. The van der Waals surface area contributed by atoms with Crippen LogP contribution in [0, 0.1) is 0 Å². The summed E-state index contributed by atoms with van der Waals surface area (Å²) in [5, 5.41) is 38.3. The molecule has 452 valence electrons. The van der Waals surface area contributed by atoms with Crippen molar-refractivity contribution in [2.45, 2.75) is 44.4 Å². The van der Waals surface area contributed by atoms with Crippen LogP contribution in [0.1, 0.15) is 51.1 Å². The molecule has 0 radical (unpaired) electrons. The number of nitrogens with one attached hydrogen (secondary N) is 2. The molecule has 0 heterocycles. The number of carbonyl (C=O) groups excluding carboxylic acids is 2. The fourth-order valence-corrected chi connectivity index (χ4v) is 9.46.